The fourth-order valence-corrected chi connectivity index (χ4v) is 4.18. The smallest absolute Gasteiger partial charge is 0.248 e. The topological polar surface area (TPSA) is 89.6 Å². The maximum absolute atomic E-state index is 13.1. The molecule has 0 saturated heterocycles. The number of nitrogens with two attached hydrogens (primary N) is 1. The maximum atomic E-state index is 13.1. The minimum atomic E-state index is -0.564. The highest BCUT2D eigenvalue weighted by Crippen LogP contribution is 2.35. The number of rotatable bonds is 4. The first-order chi connectivity index (χ1) is 13.5. The van der Waals surface area contributed by atoms with E-state index in [-0.39, 0.29) is 23.8 Å². The van der Waals surface area contributed by atoms with Gasteiger partial charge in [0.1, 0.15) is 18.1 Å². The number of nitrogens with zero attached hydrogens (tertiary/aromatic N) is 1. The Morgan fingerprint density at radius 1 is 1.07 bits per heavy atom. The van der Waals surface area contributed by atoms with Crippen molar-refractivity contribution in [2.45, 2.75) is 0 Å². The number of ketones is 2. The molecule has 0 spiro atoms. The summed E-state index contributed by atoms with van der Waals surface area (Å²) in [6.07, 6.45) is 0. The Kier molecular flexibility index (Phi) is 4.44. The van der Waals surface area contributed by atoms with Crippen LogP contribution in [-0.4, -0.2) is 29.7 Å². The molecule has 0 radical (unpaired) electrons. The molecule has 2 N–H and O–H groups in total. The van der Waals surface area contributed by atoms with Gasteiger partial charge in [-0.2, -0.15) is 0 Å². The number of fused-ring (bicyclic) bond motifs is 1. The Labute approximate surface area is 163 Å². The number of carbonyl (C=O) groups excluding carboxylic acids is 3. The van der Waals surface area contributed by atoms with E-state index in [4.69, 9.17) is 5.73 Å². The monoisotopic (exact) mass is 392 g/mol. The third-order valence-corrected chi connectivity index (χ3v) is 5.43. The molecule has 4 rings (SSSR count). The predicted octanol–water partition coefficient (Wildman–Crippen LogP) is 3.52. The Morgan fingerprint density at radius 3 is 2.54 bits per heavy atom. The summed E-state index contributed by atoms with van der Waals surface area (Å²) in [5, 5.41) is 1.77. The largest absolute Gasteiger partial charge is 0.366 e. The molecule has 28 heavy (non-hydrogen) atoms. The van der Waals surface area contributed by atoms with Crippen molar-refractivity contribution in [3.63, 3.8) is 0 Å². The maximum Gasteiger partial charge on any atom is 0.248 e. The molecule has 2 heterocycles. The number of hydrogen-bond acceptors (Lipinski definition) is 5. The van der Waals surface area contributed by atoms with Crippen molar-refractivity contribution >= 4 is 34.5 Å². The second kappa shape index (κ2) is 6.94. The van der Waals surface area contributed by atoms with Gasteiger partial charge in [0, 0.05) is 27.6 Å². The fraction of sp³-hybridized carbons (Fsp3) is 0.0476. The van der Waals surface area contributed by atoms with Crippen LogP contribution in [0.25, 0.3) is 11.1 Å². The van der Waals surface area contributed by atoms with Gasteiger partial charge in [-0.25, -0.2) is 4.39 Å². The molecule has 2 aromatic carbocycles. The molecule has 0 unspecified atom stereocenters. The van der Waals surface area contributed by atoms with E-state index in [9.17, 15) is 18.8 Å². The molecule has 3 aromatic rings. The summed E-state index contributed by atoms with van der Waals surface area (Å²) in [6.45, 7) is -0.144. The predicted molar refractivity (Wildman–Crippen MR) is 105 cm³/mol. The van der Waals surface area contributed by atoms with E-state index in [1.54, 1.807) is 29.6 Å². The van der Waals surface area contributed by atoms with Gasteiger partial charge in [0.2, 0.25) is 11.7 Å². The van der Waals surface area contributed by atoms with Gasteiger partial charge in [-0.15, -0.1) is 11.3 Å². The lowest BCUT2D eigenvalue weighted by molar-refractivity contribution is 0.0992. The lowest BCUT2D eigenvalue weighted by Gasteiger charge is -2.13. The summed E-state index contributed by atoms with van der Waals surface area (Å²) >= 11 is 1.24. The van der Waals surface area contributed by atoms with Gasteiger partial charge < -0.3 is 5.73 Å². The standard InChI is InChI=1S/C21H13FN2O3S/c22-14-6-4-11(5-7-14)19(26)18-20-17(16(25)9-24-18)15(10-28-20)12-2-1-3-13(8-12)21(23)27/h1-8,10H,9H2,(H2,23,27). The average Bonchev–Trinajstić information content (AvgIpc) is 3.14. The normalized spacial score (nSPS) is 13.0. The number of primary amides is 1. The summed E-state index contributed by atoms with van der Waals surface area (Å²) in [7, 11) is 0. The molecule has 5 nitrogen and oxygen atoms in total. The summed E-state index contributed by atoms with van der Waals surface area (Å²) in [4.78, 5) is 41.5. The second-order valence-corrected chi connectivity index (χ2v) is 7.10. The van der Waals surface area contributed by atoms with E-state index in [0.29, 0.717) is 32.7 Å². The van der Waals surface area contributed by atoms with E-state index in [2.05, 4.69) is 4.99 Å². The van der Waals surface area contributed by atoms with Crippen molar-refractivity contribution in [3.8, 4) is 11.1 Å². The van der Waals surface area contributed by atoms with Crippen LogP contribution in [0.3, 0.4) is 0 Å². The van der Waals surface area contributed by atoms with Crippen molar-refractivity contribution in [2.24, 2.45) is 10.7 Å². The molecular formula is C21H13FN2O3S. The highest BCUT2D eigenvalue weighted by atomic mass is 32.1. The van der Waals surface area contributed by atoms with Crippen LogP contribution in [0.4, 0.5) is 4.39 Å². The number of Topliss-reactive ketones (excluding diaryl/α,β-unsaturated/α-hetero) is 2. The molecule has 7 heteroatoms. The van der Waals surface area contributed by atoms with Gasteiger partial charge in [0.25, 0.3) is 0 Å². The molecule has 1 aliphatic heterocycles. The summed E-state index contributed by atoms with van der Waals surface area (Å²) in [5.74, 6) is -1.57. The molecule has 1 aromatic heterocycles. The van der Waals surface area contributed by atoms with Gasteiger partial charge in [-0.05, 0) is 42.0 Å². The number of benzene rings is 2. The van der Waals surface area contributed by atoms with Crippen LogP contribution in [-0.2, 0) is 0 Å². The Bertz CT molecular complexity index is 1160. The third kappa shape index (κ3) is 3.05. The van der Waals surface area contributed by atoms with E-state index >= 15 is 0 Å². The Hall–Kier alpha value is -3.45. The first kappa shape index (κ1) is 17.9. The van der Waals surface area contributed by atoms with Gasteiger partial charge in [0.05, 0.1) is 4.88 Å². The number of carbonyl (C=O) groups is 3. The molecule has 0 saturated carbocycles. The van der Waals surface area contributed by atoms with Crippen LogP contribution in [0.1, 0.15) is 36.0 Å². The van der Waals surface area contributed by atoms with Crippen LogP contribution in [0.5, 0.6) is 0 Å². The lowest BCUT2D eigenvalue weighted by Crippen LogP contribution is -2.24. The van der Waals surface area contributed by atoms with E-state index < -0.39 is 11.7 Å². The first-order valence-corrected chi connectivity index (χ1v) is 9.23. The summed E-state index contributed by atoms with van der Waals surface area (Å²) in [6, 6.07) is 11.9. The SMILES string of the molecule is NC(=O)c1cccc(-c2csc3c2C(=O)CN=C3C(=O)c2ccc(F)cc2)c1. The number of thiophene rings is 1. The number of aliphatic imine (C=N–C) groups is 1. The number of amides is 1. The third-order valence-electron chi connectivity index (χ3n) is 4.45. The minimum Gasteiger partial charge on any atom is -0.366 e. The van der Waals surface area contributed by atoms with E-state index in [1.807, 2.05) is 0 Å². The average molecular weight is 392 g/mol. The molecular weight excluding hydrogens is 379 g/mol. The van der Waals surface area contributed by atoms with Gasteiger partial charge in [-0.1, -0.05) is 12.1 Å². The van der Waals surface area contributed by atoms with Gasteiger partial charge >= 0.3 is 0 Å². The molecule has 1 amide bonds. The molecule has 0 bridgehead atoms. The quantitative estimate of drug-likeness (QED) is 0.689. The summed E-state index contributed by atoms with van der Waals surface area (Å²) < 4.78 is 13.1. The van der Waals surface area contributed by atoms with Crippen LogP contribution in [0.2, 0.25) is 0 Å². The number of halogens is 1. The first-order valence-electron chi connectivity index (χ1n) is 8.35. The van der Waals surface area contributed by atoms with E-state index in [1.165, 1.54) is 35.6 Å². The highest BCUT2D eigenvalue weighted by molar-refractivity contribution is 7.14. The van der Waals surface area contributed by atoms with Crippen LogP contribution in [0, 0.1) is 5.82 Å². The zero-order chi connectivity index (χ0) is 19.8. The van der Waals surface area contributed by atoms with Crippen LogP contribution >= 0.6 is 11.3 Å². The van der Waals surface area contributed by atoms with Crippen molar-refractivity contribution in [3.05, 3.63) is 81.3 Å². The minimum absolute atomic E-state index is 0.144. The second-order valence-electron chi connectivity index (χ2n) is 6.22. The van der Waals surface area contributed by atoms with Crippen LogP contribution in [0.15, 0.2) is 58.9 Å². The lowest BCUT2D eigenvalue weighted by atomic mass is 9.93. The Balaban J connectivity index is 1.79. The zero-order valence-electron chi connectivity index (χ0n) is 14.4. The van der Waals surface area contributed by atoms with Crippen molar-refractivity contribution in [1.29, 1.82) is 0 Å². The molecule has 0 aliphatic carbocycles. The molecule has 0 fully saturated rings. The van der Waals surface area contributed by atoms with Gasteiger partial charge in [0.15, 0.2) is 5.78 Å². The van der Waals surface area contributed by atoms with Crippen LogP contribution < -0.4 is 5.73 Å². The van der Waals surface area contributed by atoms with Crippen molar-refractivity contribution in [2.75, 3.05) is 6.54 Å². The molecule has 1 aliphatic rings. The highest BCUT2D eigenvalue weighted by Gasteiger charge is 2.30. The fourth-order valence-electron chi connectivity index (χ4n) is 3.08. The number of hydrogen-bond donors (Lipinski definition) is 1. The van der Waals surface area contributed by atoms with Crippen molar-refractivity contribution in [1.82, 2.24) is 0 Å². The molecule has 138 valence electrons. The van der Waals surface area contributed by atoms with E-state index in [0.717, 1.165) is 0 Å². The zero-order valence-corrected chi connectivity index (χ0v) is 15.3. The van der Waals surface area contributed by atoms with Crippen molar-refractivity contribution < 1.29 is 18.8 Å². The van der Waals surface area contributed by atoms with Gasteiger partial charge in [-0.3, -0.25) is 19.4 Å². The molecule has 0 atom stereocenters. The summed E-state index contributed by atoms with van der Waals surface area (Å²) in [5.41, 5.74) is 7.86. The Morgan fingerprint density at radius 2 is 1.82 bits per heavy atom.